The summed E-state index contributed by atoms with van der Waals surface area (Å²) in [6.07, 6.45) is 4.34. The highest BCUT2D eigenvalue weighted by atomic mass is 28.3. The molecule has 0 aliphatic rings. The van der Waals surface area contributed by atoms with E-state index >= 15 is 0 Å². The van der Waals surface area contributed by atoms with Crippen LogP contribution in [0.4, 0.5) is 0 Å². The van der Waals surface area contributed by atoms with Crippen molar-refractivity contribution in [1.29, 1.82) is 21.5 Å². The lowest BCUT2D eigenvalue weighted by Crippen LogP contribution is -2.41. The molecule has 0 aliphatic heterocycles. The van der Waals surface area contributed by atoms with Crippen LogP contribution in [0.2, 0.25) is 78.6 Å². The van der Waals surface area contributed by atoms with E-state index in [-0.39, 0.29) is 46.1 Å². The third-order valence-corrected chi connectivity index (χ3v) is 19.4. The Kier molecular flexibility index (Phi) is 66.0. The monoisotopic (exact) mass is 1410 g/mol. The van der Waals surface area contributed by atoms with Crippen molar-refractivity contribution in [3.05, 3.63) is 10.1 Å². The normalized spacial score (nSPS) is 12.5. The molecule has 0 amide bonds. The molecule has 0 heterocycles. The molecule has 28 heteroatoms. The molecule has 0 aliphatic carbocycles. The molecule has 24 nitrogen and oxygen atoms in total. The third kappa shape index (κ3) is 74.5. The number of esters is 1. The number of hydrogen-bond acceptors (Lipinski definition) is 23. The van der Waals surface area contributed by atoms with Crippen LogP contribution in [-0.2, 0) is 52.7 Å². The summed E-state index contributed by atoms with van der Waals surface area (Å²) in [7, 11) is -0.902. The van der Waals surface area contributed by atoms with Gasteiger partial charge in [-0.3, -0.25) is 68.6 Å². The molecule has 0 rings (SSSR count). The molecule has 0 fully saturated rings. The number of nitriles is 1. The van der Waals surface area contributed by atoms with Crippen molar-refractivity contribution in [2.45, 2.75) is 267 Å². The number of nitro groups is 1. The summed E-state index contributed by atoms with van der Waals surface area (Å²) in [4.78, 5) is 142. The molecular weight excluding hydrogens is 1280 g/mol. The maximum atomic E-state index is 11.9. The van der Waals surface area contributed by atoms with Crippen molar-refractivity contribution in [3.63, 3.8) is 0 Å². The second-order valence-electron chi connectivity index (χ2n) is 26.6. The zero-order chi connectivity index (χ0) is 77.7. The Morgan fingerprint density at radius 1 is 0.442 bits per heavy atom. The van der Waals surface area contributed by atoms with Gasteiger partial charge in [0.1, 0.15) is 63.7 Å². The molecule has 0 aromatic heterocycles. The Hall–Kier alpha value is -6.71. The summed E-state index contributed by atoms with van der Waals surface area (Å²) >= 11 is 0. The van der Waals surface area contributed by atoms with Gasteiger partial charge >= 0.3 is 12.0 Å². The third-order valence-electron chi connectivity index (χ3n) is 11.7. The van der Waals surface area contributed by atoms with Gasteiger partial charge in [0.15, 0.2) is 17.7 Å². The minimum atomic E-state index is -1.62. The summed E-state index contributed by atoms with van der Waals surface area (Å²) in [5.74, 6) is -2.01. The second-order valence-corrected chi connectivity index (χ2v) is 46.8. The van der Waals surface area contributed by atoms with Gasteiger partial charge in [0, 0.05) is 138 Å². The summed E-state index contributed by atoms with van der Waals surface area (Å²) in [6.45, 7) is 57.3. The second kappa shape index (κ2) is 58.6. The molecule has 3 atom stereocenters. The van der Waals surface area contributed by atoms with E-state index in [2.05, 4.69) is 127 Å². The van der Waals surface area contributed by atoms with E-state index in [4.69, 9.17) is 21.5 Å². The first kappa shape index (κ1) is 107. The van der Waals surface area contributed by atoms with E-state index in [0.717, 1.165) is 73.3 Å². The van der Waals surface area contributed by atoms with Gasteiger partial charge in [0.05, 0.1) is 25.6 Å². The molecule has 0 aromatic rings. The first-order valence-electron chi connectivity index (χ1n) is 31.6. The highest BCUT2D eigenvalue weighted by Crippen LogP contribution is 2.13. The molecule has 0 radical (unpaired) electrons. The van der Waals surface area contributed by atoms with E-state index in [9.17, 15) is 58.1 Å². The zero-order valence-electron chi connectivity index (χ0n) is 64.9. The van der Waals surface area contributed by atoms with Gasteiger partial charge in [-0.05, 0) is 110 Å². The number of Topliss-reactive ketones (excluding diaryl/α,β-unsaturated/α-hetero) is 6. The standard InChI is InChI=1S/C10H23NOSi2.C10H21NOSi.C8H17NOSi.C8H15NO.C7H11NO3.C7H13NO.C6H8N2O.C6H11NO.C5H8N2O3/c1-11-9(13(2,3)4)8-10(12)14(5,6)7;1-6-7-11-9(2)8-10(12)13(3,4)5;1-7(9-2)6-8(10)11(3,4)5;1-4-5-9-7(2)6-8(3)10;1-4(8)7(5(2)9)11-6(3)10;1-4-8-6(2)5-7(3)9;1-4(8)6(3-7)5(2)9;1-5(7-3)4-6(2)8;1-3(6)5(4(2)8)7(9)10/h8H2,1-7H3;6-8H2,1-5H3;6H2,1-5H3;4-6H2,1-3H3;7-8H,1-3H3;4-5H2,1-3H3;6,8H,1-2H3;4H2,1-3H3;5-6H,1-2H3. The van der Waals surface area contributed by atoms with Gasteiger partial charge < -0.3 is 40.3 Å². The van der Waals surface area contributed by atoms with Crippen LogP contribution in [0.1, 0.15) is 176 Å². The Bertz CT molecular complexity index is 2670. The predicted octanol–water partition coefficient (Wildman–Crippen LogP) is 13.3. The number of nitrogens with one attached hydrogen (secondary N) is 3. The van der Waals surface area contributed by atoms with E-state index in [1.54, 1.807) is 40.9 Å². The van der Waals surface area contributed by atoms with Gasteiger partial charge in [0.25, 0.3) is 0 Å². The molecule has 3 unspecified atom stereocenters. The molecule has 0 saturated heterocycles. The molecule has 0 saturated carbocycles. The van der Waals surface area contributed by atoms with E-state index in [0.29, 0.717) is 54.7 Å². The average molecular weight is 1410 g/mol. The smallest absolute Gasteiger partial charge is 0.306 e. The fourth-order valence-electron chi connectivity index (χ4n) is 6.12. The molecule has 0 bridgehead atoms. The summed E-state index contributed by atoms with van der Waals surface area (Å²) in [5, 5.41) is 41.5. The van der Waals surface area contributed by atoms with Crippen LogP contribution in [0, 0.1) is 43.6 Å². The Labute approximate surface area is 576 Å². The topological polar surface area (TPSA) is 393 Å². The van der Waals surface area contributed by atoms with Crippen LogP contribution in [0.5, 0.6) is 0 Å². The Balaban J connectivity index is -0.000000126. The summed E-state index contributed by atoms with van der Waals surface area (Å²) in [5.41, 5.74) is 4.67. The molecule has 95 heavy (non-hydrogen) atoms. The first-order chi connectivity index (χ1) is 42.8. The van der Waals surface area contributed by atoms with Crippen molar-refractivity contribution in [1.82, 2.24) is 0 Å². The van der Waals surface area contributed by atoms with Crippen molar-refractivity contribution in [2.75, 3.05) is 40.8 Å². The Morgan fingerprint density at radius 2 is 0.758 bits per heavy atom. The van der Waals surface area contributed by atoms with Crippen LogP contribution < -0.4 is 0 Å². The molecular formula is C67H127N11O13Si4. The number of ketones is 6. The number of aliphatic imine (C=N–C) groups is 6. The number of nitrogens with zero attached hydrogens (tertiary/aromatic N) is 8. The number of ether oxygens (including phenoxy) is 1. The van der Waals surface area contributed by atoms with Crippen molar-refractivity contribution in [2.24, 2.45) is 35.9 Å². The molecule has 544 valence electrons. The average Bonchev–Trinajstić information content (AvgIpc) is 0.918. The van der Waals surface area contributed by atoms with Gasteiger partial charge in [-0.15, -0.1) is 0 Å². The highest BCUT2D eigenvalue weighted by molar-refractivity contribution is 7.09. The largest absolute Gasteiger partial charge is 0.448 e. The van der Waals surface area contributed by atoms with E-state index in [1.165, 1.54) is 41.5 Å². The van der Waals surface area contributed by atoms with Gasteiger partial charge in [-0.1, -0.05) is 92.4 Å². The number of hydrogen-bond donors (Lipinski definition) is 3. The maximum absolute atomic E-state index is 11.9. The molecule has 0 aromatic carbocycles. The quantitative estimate of drug-likeness (QED) is 0.0206. The van der Waals surface area contributed by atoms with Gasteiger partial charge in [-0.2, -0.15) is 5.26 Å². The minimum absolute atomic E-state index is 0.0488. The van der Waals surface area contributed by atoms with Crippen molar-refractivity contribution >= 4 is 140 Å². The summed E-state index contributed by atoms with van der Waals surface area (Å²) < 4.78 is 4.56. The predicted molar refractivity (Wildman–Crippen MR) is 407 cm³/mol. The van der Waals surface area contributed by atoms with Gasteiger partial charge in [-0.25, -0.2) is 0 Å². The summed E-state index contributed by atoms with van der Waals surface area (Å²) in [6, 6.07) is 0.282. The van der Waals surface area contributed by atoms with E-state index in [1.807, 2.05) is 48.6 Å². The number of carbonyl (C=O) groups excluding carboxylic acids is 10. The van der Waals surface area contributed by atoms with Crippen LogP contribution in [0.25, 0.3) is 0 Å². The van der Waals surface area contributed by atoms with Crippen LogP contribution in [-0.4, -0.2) is 198 Å². The maximum Gasteiger partial charge on any atom is 0.306 e. The lowest BCUT2D eigenvalue weighted by atomic mass is 10.0. The fraction of sp³-hybridized carbons (Fsp3) is 0.701. The van der Waals surface area contributed by atoms with Crippen LogP contribution in [0.3, 0.4) is 0 Å². The minimum Gasteiger partial charge on any atom is -0.448 e. The number of carbonyl (C=O) groups is 10. The lowest BCUT2D eigenvalue weighted by Gasteiger charge is -2.21. The van der Waals surface area contributed by atoms with Gasteiger partial charge in [0.2, 0.25) is 5.78 Å². The van der Waals surface area contributed by atoms with Crippen molar-refractivity contribution < 1.29 is 57.6 Å². The first-order valence-corrected chi connectivity index (χ1v) is 45.6. The fourth-order valence-corrected chi connectivity index (χ4v) is 9.93. The lowest BCUT2D eigenvalue weighted by molar-refractivity contribution is -0.488. The highest BCUT2D eigenvalue weighted by Gasteiger charge is 2.30. The van der Waals surface area contributed by atoms with Crippen molar-refractivity contribution in [3.8, 4) is 6.07 Å². The number of rotatable bonds is 29. The Morgan fingerprint density at radius 3 is 0.926 bits per heavy atom. The van der Waals surface area contributed by atoms with Crippen LogP contribution in [0.15, 0.2) is 30.0 Å². The van der Waals surface area contributed by atoms with Crippen LogP contribution >= 0.6 is 0 Å². The SMILES string of the molecule is CC(=N)C(C#N)C(C)=O.CC(=N)C(C(C)=O)[N+](=O)[O-].CC(=N)C(OC(C)=O)C(C)=O.CCCN=C(C)CC(=O)[Si](C)(C)C.CCCN=C(C)CC(C)=O.CCN=C(C)CC(C)=O.CN=C(C)CC(=O)[Si](C)(C)C.CN=C(C)CC(C)=O.CN=C(CC(=O)[Si](C)(C)C)[Si](C)(C)C. The zero-order valence-corrected chi connectivity index (χ0v) is 68.9. The molecule has 0 spiro atoms. The molecule has 3 N–H and O–H groups in total. The van der Waals surface area contributed by atoms with E-state index < -0.39 is 67.0 Å².